The molecule has 1 aromatic heterocycles. The zero-order valence-electron chi connectivity index (χ0n) is 11.2. The van der Waals surface area contributed by atoms with Gasteiger partial charge in [0.05, 0.1) is 19.9 Å². The summed E-state index contributed by atoms with van der Waals surface area (Å²) >= 11 is 0. The normalized spacial score (nSPS) is 11.0. The molecule has 0 saturated carbocycles. The fraction of sp³-hybridized carbons (Fsp3) is 0.357. The number of oxazole rings is 1. The maximum Gasteiger partial charge on any atom is 0.208 e. The van der Waals surface area contributed by atoms with E-state index in [-0.39, 0.29) is 5.75 Å². The van der Waals surface area contributed by atoms with Crippen LogP contribution in [0.5, 0.6) is 5.75 Å². The lowest BCUT2D eigenvalue weighted by molar-refractivity contribution is 0.386. The van der Waals surface area contributed by atoms with Crippen LogP contribution in [0.2, 0.25) is 0 Å². The lowest BCUT2D eigenvalue weighted by Crippen LogP contribution is -2.21. The Morgan fingerprint density at radius 1 is 1.42 bits per heavy atom. The molecule has 0 radical (unpaired) electrons. The zero-order chi connectivity index (χ0) is 13.8. The van der Waals surface area contributed by atoms with E-state index in [2.05, 4.69) is 24.1 Å². The van der Waals surface area contributed by atoms with Gasteiger partial charge in [-0.05, 0) is 18.2 Å². The van der Waals surface area contributed by atoms with Gasteiger partial charge in [0.2, 0.25) is 5.89 Å². The Hall–Kier alpha value is -1.88. The number of hydrogen-bond acceptors (Lipinski definition) is 4. The van der Waals surface area contributed by atoms with Crippen LogP contribution in [-0.4, -0.2) is 18.1 Å². The fourth-order valence-corrected chi connectivity index (χ4v) is 1.63. The average molecular weight is 264 g/mol. The highest BCUT2D eigenvalue weighted by molar-refractivity contribution is 5.59. The number of hydrogen-bond donors (Lipinski definition) is 1. The molecule has 102 valence electrons. The van der Waals surface area contributed by atoms with Gasteiger partial charge < -0.3 is 14.5 Å². The van der Waals surface area contributed by atoms with Gasteiger partial charge in [-0.15, -0.1) is 0 Å². The summed E-state index contributed by atoms with van der Waals surface area (Å²) in [4.78, 5) is 4.18. The van der Waals surface area contributed by atoms with Crippen LogP contribution >= 0.6 is 0 Å². The van der Waals surface area contributed by atoms with Gasteiger partial charge in [-0.25, -0.2) is 9.37 Å². The van der Waals surface area contributed by atoms with Crippen molar-refractivity contribution >= 4 is 0 Å². The summed E-state index contributed by atoms with van der Waals surface area (Å²) in [5, 5.41) is 3.22. The van der Waals surface area contributed by atoms with Crippen molar-refractivity contribution in [1.82, 2.24) is 10.3 Å². The average Bonchev–Trinajstić information content (AvgIpc) is 2.86. The third-order valence-corrected chi connectivity index (χ3v) is 2.65. The molecule has 0 atom stereocenters. The number of ether oxygens (including phenoxy) is 1. The van der Waals surface area contributed by atoms with E-state index in [0.717, 1.165) is 5.56 Å². The van der Waals surface area contributed by atoms with E-state index < -0.39 is 5.82 Å². The smallest absolute Gasteiger partial charge is 0.208 e. The molecule has 1 N–H and O–H groups in total. The molecule has 4 nitrogen and oxygen atoms in total. The van der Waals surface area contributed by atoms with Gasteiger partial charge in [0.25, 0.3) is 0 Å². The van der Waals surface area contributed by atoms with E-state index in [1.54, 1.807) is 18.3 Å². The van der Waals surface area contributed by atoms with Crippen LogP contribution < -0.4 is 10.1 Å². The second-order valence-corrected chi connectivity index (χ2v) is 4.50. The Morgan fingerprint density at radius 2 is 2.21 bits per heavy atom. The Morgan fingerprint density at radius 3 is 2.89 bits per heavy atom. The first-order valence-electron chi connectivity index (χ1n) is 6.12. The molecular formula is C14H17FN2O2. The molecule has 0 amide bonds. The van der Waals surface area contributed by atoms with Crippen LogP contribution in [0.15, 0.2) is 28.8 Å². The molecule has 2 aromatic rings. The maximum atomic E-state index is 13.3. The Bertz CT molecular complexity index is 552. The van der Waals surface area contributed by atoms with Crippen molar-refractivity contribution in [1.29, 1.82) is 0 Å². The highest BCUT2D eigenvalue weighted by Crippen LogP contribution is 2.26. The van der Waals surface area contributed by atoms with E-state index in [1.165, 1.54) is 13.2 Å². The third kappa shape index (κ3) is 3.32. The number of methoxy groups -OCH3 is 1. The molecule has 0 spiro atoms. The van der Waals surface area contributed by atoms with E-state index in [1.807, 2.05) is 0 Å². The standard InChI is InChI=1S/C14H17FN2O2/c1-9(2)16-8-14-17-7-13(19-14)10-4-5-11(15)12(6-10)18-3/h4-7,9,16H,8H2,1-3H3. The third-order valence-electron chi connectivity index (χ3n) is 2.65. The Balaban J connectivity index is 2.18. The zero-order valence-corrected chi connectivity index (χ0v) is 11.2. The SMILES string of the molecule is COc1cc(-c2cnc(CNC(C)C)o2)ccc1F. The van der Waals surface area contributed by atoms with Crippen molar-refractivity contribution in [3.05, 3.63) is 36.1 Å². The largest absolute Gasteiger partial charge is 0.494 e. The molecule has 0 bridgehead atoms. The number of aromatic nitrogens is 1. The minimum Gasteiger partial charge on any atom is -0.494 e. The second kappa shape index (κ2) is 5.84. The second-order valence-electron chi connectivity index (χ2n) is 4.50. The van der Waals surface area contributed by atoms with E-state index in [0.29, 0.717) is 24.2 Å². The summed E-state index contributed by atoms with van der Waals surface area (Å²) in [6.45, 7) is 4.67. The van der Waals surface area contributed by atoms with Crippen LogP contribution in [0.4, 0.5) is 4.39 Å². The minimum absolute atomic E-state index is 0.191. The molecule has 5 heteroatoms. The van der Waals surface area contributed by atoms with Crippen molar-refractivity contribution in [3.63, 3.8) is 0 Å². The molecule has 0 unspecified atom stereocenters. The Labute approximate surface area is 111 Å². The van der Waals surface area contributed by atoms with E-state index in [9.17, 15) is 4.39 Å². The quantitative estimate of drug-likeness (QED) is 0.901. The summed E-state index contributed by atoms with van der Waals surface area (Å²) < 4.78 is 23.9. The summed E-state index contributed by atoms with van der Waals surface area (Å²) in [7, 11) is 1.43. The summed E-state index contributed by atoms with van der Waals surface area (Å²) in [5.41, 5.74) is 0.738. The highest BCUT2D eigenvalue weighted by atomic mass is 19.1. The van der Waals surface area contributed by atoms with Crippen molar-refractivity contribution in [3.8, 4) is 17.1 Å². The van der Waals surface area contributed by atoms with E-state index >= 15 is 0 Å². The minimum atomic E-state index is -0.396. The van der Waals surface area contributed by atoms with Crippen molar-refractivity contribution < 1.29 is 13.5 Å². The number of nitrogens with zero attached hydrogens (tertiary/aromatic N) is 1. The molecule has 1 aromatic carbocycles. The first-order chi connectivity index (χ1) is 9.10. The van der Waals surface area contributed by atoms with Gasteiger partial charge in [0.1, 0.15) is 0 Å². The number of benzene rings is 1. The van der Waals surface area contributed by atoms with Crippen LogP contribution in [-0.2, 0) is 6.54 Å². The molecule has 0 saturated heterocycles. The predicted octanol–water partition coefficient (Wildman–Crippen LogP) is 2.99. The predicted molar refractivity (Wildman–Crippen MR) is 70.4 cm³/mol. The molecule has 0 fully saturated rings. The van der Waals surface area contributed by atoms with Gasteiger partial charge >= 0.3 is 0 Å². The monoisotopic (exact) mass is 264 g/mol. The fourth-order valence-electron chi connectivity index (χ4n) is 1.63. The van der Waals surface area contributed by atoms with Gasteiger partial charge in [-0.1, -0.05) is 13.8 Å². The van der Waals surface area contributed by atoms with E-state index in [4.69, 9.17) is 9.15 Å². The summed E-state index contributed by atoms with van der Waals surface area (Å²) in [5.74, 6) is 0.995. The summed E-state index contributed by atoms with van der Waals surface area (Å²) in [6.07, 6.45) is 1.63. The van der Waals surface area contributed by atoms with Gasteiger partial charge in [-0.3, -0.25) is 0 Å². The molecule has 0 aliphatic heterocycles. The van der Waals surface area contributed by atoms with Crippen LogP contribution in [0.25, 0.3) is 11.3 Å². The molecule has 2 rings (SSSR count). The van der Waals surface area contributed by atoms with Crippen LogP contribution in [0.3, 0.4) is 0 Å². The summed E-state index contributed by atoms with van der Waals surface area (Å²) in [6, 6.07) is 4.94. The molecule has 0 aliphatic rings. The molecule has 19 heavy (non-hydrogen) atoms. The van der Waals surface area contributed by atoms with Gasteiger partial charge in [0, 0.05) is 11.6 Å². The number of rotatable bonds is 5. The van der Waals surface area contributed by atoms with Crippen LogP contribution in [0.1, 0.15) is 19.7 Å². The topological polar surface area (TPSA) is 47.3 Å². The first-order valence-corrected chi connectivity index (χ1v) is 6.12. The van der Waals surface area contributed by atoms with Gasteiger partial charge in [-0.2, -0.15) is 0 Å². The van der Waals surface area contributed by atoms with Crippen molar-refractivity contribution in [2.75, 3.05) is 7.11 Å². The van der Waals surface area contributed by atoms with Gasteiger partial charge in [0.15, 0.2) is 17.3 Å². The molecular weight excluding hydrogens is 247 g/mol. The van der Waals surface area contributed by atoms with Crippen molar-refractivity contribution in [2.24, 2.45) is 0 Å². The van der Waals surface area contributed by atoms with Crippen molar-refractivity contribution in [2.45, 2.75) is 26.4 Å². The number of halogens is 1. The first kappa shape index (κ1) is 13.5. The maximum absolute atomic E-state index is 13.3. The lowest BCUT2D eigenvalue weighted by atomic mass is 10.2. The van der Waals surface area contributed by atoms with Crippen LogP contribution in [0, 0.1) is 5.82 Å². The highest BCUT2D eigenvalue weighted by Gasteiger charge is 2.10. The molecule has 1 heterocycles. The molecule has 0 aliphatic carbocycles. The number of nitrogens with one attached hydrogen (secondary N) is 1. The lowest BCUT2D eigenvalue weighted by Gasteiger charge is -2.05. The Kier molecular flexibility index (Phi) is 4.16.